The summed E-state index contributed by atoms with van der Waals surface area (Å²) >= 11 is 1.74. The quantitative estimate of drug-likeness (QED) is 0.489. The van der Waals surface area contributed by atoms with Crippen LogP contribution >= 0.6 is 11.8 Å². The van der Waals surface area contributed by atoms with Gasteiger partial charge in [-0.05, 0) is 50.4 Å². The topological polar surface area (TPSA) is 42.2 Å². The van der Waals surface area contributed by atoms with E-state index in [9.17, 15) is 0 Å². The molecule has 0 atom stereocenters. The van der Waals surface area contributed by atoms with Gasteiger partial charge in [-0.15, -0.1) is 11.8 Å². The van der Waals surface area contributed by atoms with Crippen LogP contribution in [0.2, 0.25) is 0 Å². The zero-order chi connectivity index (χ0) is 18.1. The molecule has 0 amide bonds. The Morgan fingerprint density at radius 2 is 1.65 bits per heavy atom. The molecule has 2 aromatic carbocycles. The molecule has 4 rings (SSSR count). The minimum absolute atomic E-state index is 0.713. The lowest BCUT2D eigenvalue weighted by Crippen LogP contribution is -2.01. The molecule has 0 saturated heterocycles. The summed E-state index contributed by atoms with van der Waals surface area (Å²) in [6.07, 6.45) is 2.08. The Hall–Kier alpha value is -2.79. The maximum absolute atomic E-state index is 4.84. The Bertz CT molecular complexity index is 1050. The summed E-state index contributed by atoms with van der Waals surface area (Å²) in [6, 6.07) is 20.7. The van der Waals surface area contributed by atoms with Crippen LogP contribution in [0.1, 0.15) is 11.4 Å². The molecule has 1 N–H and O–H groups in total. The summed E-state index contributed by atoms with van der Waals surface area (Å²) < 4.78 is 2.08. The molecule has 0 unspecified atom stereocenters. The van der Waals surface area contributed by atoms with Gasteiger partial charge in [0.15, 0.2) is 0 Å². The highest BCUT2D eigenvalue weighted by atomic mass is 32.2. The zero-order valence-electron chi connectivity index (χ0n) is 15.0. The normalized spacial score (nSPS) is 11.0. The van der Waals surface area contributed by atoms with Crippen LogP contribution in [0.5, 0.6) is 0 Å². The van der Waals surface area contributed by atoms with Crippen LogP contribution < -0.4 is 5.32 Å². The number of imidazole rings is 1. The van der Waals surface area contributed by atoms with Crippen molar-refractivity contribution in [2.75, 3.05) is 11.6 Å². The number of para-hydroxylation sites is 1. The molecule has 0 aliphatic carbocycles. The molecule has 4 aromatic rings. The predicted molar refractivity (Wildman–Crippen MR) is 109 cm³/mol. The van der Waals surface area contributed by atoms with Gasteiger partial charge in [-0.2, -0.15) is 0 Å². The van der Waals surface area contributed by atoms with Gasteiger partial charge in [-0.3, -0.25) is 4.40 Å². The van der Waals surface area contributed by atoms with Crippen molar-refractivity contribution < 1.29 is 0 Å². The zero-order valence-corrected chi connectivity index (χ0v) is 15.8. The van der Waals surface area contributed by atoms with Crippen molar-refractivity contribution in [1.82, 2.24) is 14.4 Å². The van der Waals surface area contributed by atoms with E-state index < -0.39 is 0 Å². The van der Waals surface area contributed by atoms with Crippen LogP contribution in [0, 0.1) is 13.8 Å². The first-order chi connectivity index (χ1) is 12.7. The second-order valence-corrected chi connectivity index (χ2v) is 7.08. The summed E-state index contributed by atoms with van der Waals surface area (Å²) in [7, 11) is 0. The van der Waals surface area contributed by atoms with Gasteiger partial charge in [-0.25, -0.2) is 9.97 Å². The number of aromatic nitrogens is 3. The van der Waals surface area contributed by atoms with Gasteiger partial charge in [0.25, 0.3) is 0 Å². The summed E-state index contributed by atoms with van der Waals surface area (Å²) in [5.74, 6) is 1.65. The average molecular weight is 360 g/mol. The summed E-state index contributed by atoms with van der Waals surface area (Å²) in [5, 5.41) is 3.54. The lowest BCUT2D eigenvalue weighted by atomic mass is 10.1. The van der Waals surface area contributed by atoms with Crippen LogP contribution in [0.25, 0.3) is 17.0 Å². The fourth-order valence-corrected chi connectivity index (χ4v) is 3.51. The van der Waals surface area contributed by atoms with Crippen molar-refractivity contribution in [3.63, 3.8) is 0 Å². The molecule has 0 spiro atoms. The average Bonchev–Trinajstić information content (AvgIpc) is 3.01. The van der Waals surface area contributed by atoms with Crippen molar-refractivity contribution in [1.29, 1.82) is 0 Å². The Kier molecular flexibility index (Phi) is 4.39. The number of fused-ring (bicyclic) bond motifs is 1. The SMILES string of the molecule is CSc1ccc(-c2nc3nc(C)cc(C)n3c2Nc2ccccc2)cc1. The summed E-state index contributed by atoms with van der Waals surface area (Å²) in [4.78, 5) is 10.7. The predicted octanol–water partition coefficient (Wildman–Crippen LogP) is 5.48. The van der Waals surface area contributed by atoms with Crippen LogP contribution in [-0.4, -0.2) is 20.6 Å². The molecule has 0 fully saturated rings. The highest BCUT2D eigenvalue weighted by molar-refractivity contribution is 7.98. The van der Waals surface area contributed by atoms with Gasteiger partial charge in [0.1, 0.15) is 11.5 Å². The largest absolute Gasteiger partial charge is 0.339 e. The van der Waals surface area contributed by atoms with Gasteiger partial charge in [-0.1, -0.05) is 30.3 Å². The molecular formula is C21H20N4S. The summed E-state index contributed by atoms with van der Waals surface area (Å²) in [6.45, 7) is 4.08. The van der Waals surface area contributed by atoms with Gasteiger partial charge in [0.05, 0.1) is 0 Å². The third kappa shape index (κ3) is 3.06. The smallest absolute Gasteiger partial charge is 0.236 e. The molecule has 5 heteroatoms. The Balaban J connectivity index is 1.92. The minimum Gasteiger partial charge on any atom is -0.339 e. The lowest BCUT2D eigenvalue weighted by Gasteiger charge is -2.11. The molecule has 4 nitrogen and oxygen atoms in total. The van der Waals surface area contributed by atoms with Gasteiger partial charge < -0.3 is 5.32 Å². The van der Waals surface area contributed by atoms with Gasteiger partial charge in [0, 0.05) is 27.5 Å². The first kappa shape index (κ1) is 16.7. The fraction of sp³-hybridized carbons (Fsp3) is 0.143. The molecular weight excluding hydrogens is 340 g/mol. The molecule has 0 aliphatic rings. The van der Waals surface area contributed by atoms with Crippen LogP contribution in [0.15, 0.2) is 65.6 Å². The third-order valence-corrected chi connectivity index (χ3v) is 5.05. The van der Waals surface area contributed by atoms with Gasteiger partial charge >= 0.3 is 0 Å². The molecule has 2 heterocycles. The molecule has 0 radical (unpaired) electrons. The van der Waals surface area contributed by atoms with Crippen LogP contribution in [-0.2, 0) is 0 Å². The van der Waals surface area contributed by atoms with Gasteiger partial charge in [0.2, 0.25) is 5.78 Å². The first-order valence-corrected chi connectivity index (χ1v) is 9.71. The number of hydrogen-bond acceptors (Lipinski definition) is 4. The van der Waals surface area contributed by atoms with E-state index >= 15 is 0 Å². The number of hydrogen-bond donors (Lipinski definition) is 1. The highest BCUT2D eigenvalue weighted by Crippen LogP contribution is 2.32. The Morgan fingerprint density at radius 3 is 2.35 bits per heavy atom. The standard InChI is InChI=1S/C21H20N4S/c1-14-13-15(2)25-20(23-17-7-5-4-6-8-17)19(24-21(25)22-14)16-9-11-18(26-3)12-10-16/h4-13,23H,1-3H3. The Morgan fingerprint density at radius 1 is 0.923 bits per heavy atom. The minimum atomic E-state index is 0.713. The number of aryl methyl sites for hydroxylation is 2. The van der Waals surface area contributed by atoms with Crippen molar-refractivity contribution in [2.24, 2.45) is 0 Å². The third-order valence-electron chi connectivity index (χ3n) is 4.31. The van der Waals surface area contributed by atoms with Crippen LogP contribution in [0.3, 0.4) is 0 Å². The van der Waals surface area contributed by atoms with E-state index in [0.717, 1.165) is 34.2 Å². The molecule has 26 heavy (non-hydrogen) atoms. The monoisotopic (exact) mass is 360 g/mol. The van der Waals surface area contributed by atoms with Crippen molar-refractivity contribution >= 4 is 29.0 Å². The van der Waals surface area contributed by atoms with E-state index in [-0.39, 0.29) is 0 Å². The number of nitrogens with one attached hydrogen (secondary N) is 1. The number of benzene rings is 2. The first-order valence-electron chi connectivity index (χ1n) is 8.49. The van der Waals surface area contributed by atoms with Crippen molar-refractivity contribution in [2.45, 2.75) is 18.7 Å². The van der Waals surface area contributed by atoms with E-state index in [1.807, 2.05) is 25.1 Å². The number of anilines is 2. The molecule has 0 bridgehead atoms. The summed E-state index contributed by atoms with van der Waals surface area (Å²) in [5.41, 5.74) is 5.07. The number of nitrogens with zero attached hydrogens (tertiary/aromatic N) is 3. The number of thioether (sulfide) groups is 1. The highest BCUT2D eigenvalue weighted by Gasteiger charge is 2.17. The van der Waals surface area contributed by atoms with Crippen LogP contribution in [0.4, 0.5) is 11.5 Å². The van der Waals surface area contributed by atoms with E-state index in [1.165, 1.54) is 4.90 Å². The molecule has 0 saturated carbocycles. The number of rotatable bonds is 4. The van der Waals surface area contributed by atoms with E-state index in [1.54, 1.807) is 11.8 Å². The van der Waals surface area contributed by atoms with E-state index in [2.05, 4.69) is 70.3 Å². The molecule has 2 aromatic heterocycles. The molecule has 130 valence electrons. The second-order valence-electron chi connectivity index (χ2n) is 6.20. The van der Waals surface area contributed by atoms with E-state index in [4.69, 9.17) is 4.98 Å². The second kappa shape index (κ2) is 6.84. The molecule has 0 aliphatic heterocycles. The van der Waals surface area contributed by atoms with Crippen molar-refractivity contribution in [3.8, 4) is 11.3 Å². The lowest BCUT2D eigenvalue weighted by molar-refractivity contribution is 1.02. The maximum Gasteiger partial charge on any atom is 0.236 e. The van der Waals surface area contributed by atoms with E-state index in [0.29, 0.717) is 5.78 Å². The fourth-order valence-electron chi connectivity index (χ4n) is 3.10. The maximum atomic E-state index is 4.84. The van der Waals surface area contributed by atoms with Crippen molar-refractivity contribution in [3.05, 3.63) is 72.1 Å². The Labute approximate surface area is 157 Å².